The summed E-state index contributed by atoms with van der Waals surface area (Å²) in [5, 5.41) is 6.07. The van der Waals surface area contributed by atoms with Crippen molar-refractivity contribution in [2.75, 3.05) is 24.2 Å². The lowest BCUT2D eigenvalue weighted by Crippen LogP contribution is -2.43. The Labute approximate surface area is 162 Å². The first kappa shape index (κ1) is 20.4. The Morgan fingerprint density at radius 2 is 1.52 bits per heavy atom. The molecule has 27 heavy (non-hydrogen) atoms. The minimum atomic E-state index is -0.545. The molecule has 3 amide bonds. The zero-order valence-corrected chi connectivity index (χ0v) is 15.8. The fraction of sp³-hybridized carbons (Fsp3) is 0.211. The number of hydrogen-bond donors (Lipinski definition) is 3. The largest absolute Gasteiger partial charge is 0.366 e. The van der Waals surface area contributed by atoms with Crippen LogP contribution in [0.25, 0.3) is 0 Å². The summed E-state index contributed by atoms with van der Waals surface area (Å²) in [6.07, 6.45) is 0. The first-order chi connectivity index (χ1) is 12.8. The molecule has 0 radical (unpaired) electrons. The number of hydrogen-bond acceptors (Lipinski definition) is 4. The highest BCUT2D eigenvalue weighted by molar-refractivity contribution is 6.30. The molecule has 142 valence electrons. The van der Waals surface area contributed by atoms with Crippen molar-refractivity contribution >= 4 is 40.7 Å². The summed E-state index contributed by atoms with van der Waals surface area (Å²) in [7, 11) is 1.68. The van der Waals surface area contributed by atoms with Crippen molar-refractivity contribution in [3.63, 3.8) is 0 Å². The number of rotatable bonds is 7. The van der Waals surface area contributed by atoms with Crippen LogP contribution in [0.15, 0.2) is 48.5 Å². The lowest BCUT2D eigenvalue weighted by Gasteiger charge is -2.23. The van der Waals surface area contributed by atoms with E-state index in [-0.39, 0.29) is 18.4 Å². The quantitative estimate of drug-likeness (QED) is 0.677. The molecule has 0 fully saturated rings. The molecule has 7 nitrogen and oxygen atoms in total. The molecule has 0 spiro atoms. The van der Waals surface area contributed by atoms with Gasteiger partial charge in [-0.2, -0.15) is 0 Å². The van der Waals surface area contributed by atoms with Gasteiger partial charge in [0.2, 0.25) is 17.7 Å². The van der Waals surface area contributed by atoms with Crippen LogP contribution in [0.3, 0.4) is 0 Å². The second kappa shape index (κ2) is 9.16. The molecular weight excluding hydrogens is 368 g/mol. The SMILES string of the molecule is C[C@@H](C(=O)Nc1ccc(C(N)=O)cc1)N(C)CC(=O)Nc1ccc(Cl)cc1. The monoisotopic (exact) mass is 388 g/mol. The van der Waals surface area contributed by atoms with Crippen LogP contribution in [-0.2, 0) is 9.59 Å². The molecule has 0 heterocycles. The van der Waals surface area contributed by atoms with E-state index in [9.17, 15) is 14.4 Å². The number of primary amides is 1. The molecule has 2 rings (SSSR count). The average Bonchev–Trinajstić information content (AvgIpc) is 2.63. The molecule has 0 unspecified atom stereocenters. The molecule has 0 aromatic heterocycles. The summed E-state index contributed by atoms with van der Waals surface area (Å²) in [5.74, 6) is -1.05. The molecule has 0 aliphatic heterocycles. The molecule has 8 heteroatoms. The number of likely N-dealkylation sites (N-methyl/N-ethyl adjacent to an activating group) is 1. The van der Waals surface area contributed by atoms with E-state index in [1.54, 1.807) is 55.3 Å². The summed E-state index contributed by atoms with van der Waals surface area (Å²) in [6, 6.07) is 12.5. The van der Waals surface area contributed by atoms with Gasteiger partial charge in [0.05, 0.1) is 12.6 Å². The fourth-order valence-corrected chi connectivity index (χ4v) is 2.39. The van der Waals surface area contributed by atoms with E-state index in [0.29, 0.717) is 22.0 Å². The van der Waals surface area contributed by atoms with Crippen molar-refractivity contribution < 1.29 is 14.4 Å². The van der Waals surface area contributed by atoms with E-state index in [0.717, 1.165) is 0 Å². The molecule has 0 aliphatic rings. The van der Waals surface area contributed by atoms with E-state index in [1.807, 2.05) is 0 Å². The van der Waals surface area contributed by atoms with Crippen LogP contribution in [0, 0.1) is 0 Å². The first-order valence-electron chi connectivity index (χ1n) is 8.22. The van der Waals surface area contributed by atoms with Crippen molar-refractivity contribution in [3.8, 4) is 0 Å². The third kappa shape index (κ3) is 6.09. The van der Waals surface area contributed by atoms with Crippen molar-refractivity contribution in [2.24, 2.45) is 5.73 Å². The highest BCUT2D eigenvalue weighted by Gasteiger charge is 2.20. The van der Waals surface area contributed by atoms with Crippen molar-refractivity contribution in [1.82, 2.24) is 4.90 Å². The zero-order chi connectivity index (χ0) is 20.0. The normalized spacial score (nSPS) is 11.7. The number of carbonyl (C=O) groups is 3. The number of nitrogens with zero attached hydrogens (tertiary/aromatic N) is 1. The van der Waals surface area contributed by atoms with Crippen LogP contribution in [-0.4, -0.2) is 42.3 Å². The first-order valence-corrected chi connectivity index (χ1v) is 8.60. The fourth-order valence-electron chi connectivity index (χ4n) is 2.26. The van der Waals surface area contributed by atoms with Crippen LogP contribution < -0.4 is 16.4 Å². The highest BCUT2D eigenvalue weighted by atomic mass is 35.5. The van der Waals surface area contributed by atoms with Crippen molar-refractivity contribution in [1.29, 1.82) is 0 Å². The number of carbonyl (C=O) groups excluding carboxylic acids is 3. The summed E-state index contributed by atoms with van der Waals surface area (Å²) in [6.45, 7) is 1.74. The van der Waals surface area contributed by atoms with E-state index in [1.165, 1.54) is 12.1 Å². The Kier molecular flexibility index (Phi) is 6.92. The van der Waals surface area contributed by atoms with Gasteiger partial charge in [0, 0.05) is 22.0 Å². The molecule has 0 bridgehead atoms. The van der Waals surface area contributed by atoms with Crippen LogP contribution in [0.4, 0.5) is 11.4 Å². The van der Waals surface area contributed by atoms with Crippen molar-refractivity contribution in [3.05, 3.63) is 59.1 Å². The smallest absolute Gasteiger partial charge is 0.248 e. The van der Waals surface area contributed by atoms with Crippen LogP contribution in [0.5, 0.6) is 0 Å². The van der Waals surface area contributed by atoms with Gasteiger partial charge in [-0.3, -0.25) is 19.3 Å². The van der Waals surface area contributed by atoms with Crippen LogP contribution in [0.2, 0.25) is 5.02 Å². The van der Waals surface area contributed by atoms with Crippen molar-refractivity contribution in [2.45, 2.75) is 13.0 Å². The van der Waals surface area contributed by atoms with Gasteiger partial charge in [-0.15, -0.1) is 0 Å². The summed E-state index contributed by atoms with van der Waals surface area (Å²) in [4.78, 5) is 37.2. The molecule has 0 aliphatic carbocycles. The molecule has 2 aromatic rings. The topological polar surface area (TPSA) is 105 Å². The summed E-state index contributed by atoms with van der Waals surface area (Å²) < 4.78 is 0. The molecule has 4 N–H and O–H groups in total. The summed E-state index contributed by atoms with van der Waals surface area (Å²) >= 11 is 5.81. The molecule has 0 saturated heterocycles. The minimum absolute atomic E-state index is 0.0395. The van der Waals surface area contributed by atoms with Crippen LogP contribution >= 0.6 is 11.6 Å². The van der Waals surface area contributed by atoms with Gasteiger partial charge >= 0.3 is 0 Å². The maximum absolute atomic E-state index is 12.4. The second-order valence-corrected chi connectivity index (χ2v) is 6.51. The Morgan fingerprint density at radius 3 is 2.07 bits per heavy atom. The van der Waals surface area contributed by atoms with Crippen LogP contribution in [0.1, 0.15) is 17.3 Å². The number of amides is 3. The molecular formula is C19H21ClN4O3. The third-order valence-corrected chi connectivity index (χ3v) is 4.25. The third-order valence-electron chi connectivity index (χ3n) is 4.00. The average molecular weight is 389 g/mol. The maximum atomic E-state index is 12.4. The van der Waals surface area contributed by atoms with Gasteiger partial charge in [-0.05, 0) is 62.5 Å². The van der Waals surface area contributed by atoms with Gasteiger partial charge in [0.25, 0.3) is 0 Å². The standard InChI is InChI=1S/C19H21ClN4O3/c1-12(19(27)23-16-7-3-13(4-8-16)18(21)26)24(2)11-17(25)22-15-9-5-14(20)6-10-15/h3-10,12H,11H2,1-2H3,(H2,21,26)(H,22,25)(H,23,27)/t12-/m0/s1. The second-order valence-electron chi connectivity index (χ2n) is 6.08. The Morgan fingerprint density at radius 1 is 1.00 bits per heavy atom. The predicted octanol–water partition coefficient (Wildman–Crippen LogP) is 2.34. The lowest BCUT2D eigenvalue weighted by molar-refractivity contribution is -0.122. The minimum Gasteiger partial charge on any atom is -0.366 e. The van der Waals surface area contributed by atoms with Gasteiger partial charge in [0.15, 0.2) is 0 Å². The molecule has 0 saturated carbocycles. The van der Waals surface area contributed by atoms with Gasteiger partial charge < -0.3 is 16.4 Å². The predicted molar refractivity (Wildman–Crippen MR) is 106 cm³/mol. The number of halogens is 1. The summed E-state index contributed by atoms with van der Waals surface area (Å²) in [5.41, 5.74) is 6.71. The molecule has 1 atom stereocenters. The number of nitrogens with one attached hydrogen (secondary N) is 2. The van der Waals surface area contributed by atoms with Gasteiger partial charge in [0.1, 0.15) is 0 Å². The Balaban J connectivity index is 1.88. The van der Waals surface area contributed by atoms with E-state index < -0.39 is 11.9 Å². The lowest BCUT2D eigenvalue weighted by atomic mass is 10.2. The molecule has 2 aromatic carbocycles. The van der Waals surface area contributed by atoms with Gasteiger partial charge in [-0.1, -0.05) is 11.6 Å². The van der Waals surface area contributed by atoms with Gasteiger partial charge in [-0.25, -0.2) is 0 Å². The highest BCUT2D eigenvalue weighted by Crippen LogP contribution is 2.14. The van der Waals surface area contributed by atoms with E-state index in [2.05, 4.69) is 10.6 Å². The Hall–Kier alpha value is -2.90. The zero-order valence-electron chi connectivity index (χ0n) is 15.0. The Bertz CT molecular complexity index is 822. The maximum Gasteiger partial charge on any atom is 0.248 e. The number of anilines is 2. The van der Waals surface area contributed by atoms with E-state index in [4.69, 9.17) is 17.3 Å². The van der Waals surface area contributed by atoms with E-state index >= 15 is 0 Å². The number of benzene rings is 2. The number of nitrogens with two attached hydrogens (primary N) is 1.